The zero-order valence-corrected chi connectivity index (χ0v) is 9.84. The highest BCUT2D eigenvalue weighted by molar-refractivity contribution is 5.73. The van der Waals surface area contributed by atoms with E-state index in [-0.39, 0.29) is 12.6 Å². The van der Waals surface area contributed by atoms with Crippen LogP contribution in [-0.2, 0) is 4.79 Å². The second-order valence-electron chi connectivity index (χ2n) is 3.56. The lowest BCUT2D eigenvalue weighted by molar-refractivity contribution is -0.140. The van der Waals surface area contributed by atoms with Gasteiger partial charge in [0.05, 0.1) is 0 Å². The maximum absolute atomic E-state index is 13.2. The van der Waals surface area contributed by atoms with Crippen LogP contribution in [0.15, 0.2) is 6.07 Å². The van der Waals surface area contributed by atoms with E-state index in [1.807, 2.05) is 0 Å². The summed E-state index contributed by atoms with van der Waals surface area (Å²) in [5.41, 5.74) is 0. The SMILES string of the molecule is CCNC(COc1c(F)c(F)cc(F)c1F)C(=O)O. The van der Waals surface area contributed by atoms with E-state index in [1.54, 1.807) is 6.92 Å². The molecule has 0 aromatic heterocycles. The molecule has 0 fully saturated rings. The summed E-state index contributed by atoms with van der Waals surface area (Å²) in [5.74, 6) is -9.26. The maximum Gasteiger partial charge on any atom is 0.324 e. The van der Waals surface area contributed by atoms with Gasteiger partial charge >= 0.3 is 5.97 Å². The number of ether oxygens (including phenoxy) is 1. The van der Waals surface area contributed by atoms with Crippen LogP contribution in [0.5, 0.6) is 5.75 Å². The molecule has 0 aliphatic rings. The number of rotatable bonds is 6. The molecule has 106 valence electrons. The van der Waals surface area contributed by atoms with Crippen LogP contribution in [-0.4, -0.2) is 30.3 Å². The summed E-state index contributed by atoms with van der Waals surface area (Å²) < 4.78 is 56.7. The van der Waals surface area contributed by atoms with E-state index in [9.17, 15) is 22.4 Å². The smallest absolute Gasteiger partial charge is 0.324 e. The van der Waals surface area contributed by atoms with Crippen molar-refractivity contribution in [2.75, 3.05) is 13.2 Å². The molecule has 0 heterocycles. The molecule has 1 unspecified atom stereocenters. The van der Waals surface area contributed by atoms with Gasteiger partial charge in [0.25, 0.3) is 0 Å². The van der Waals surface area contributed by atoms with Crippen molar-refractivity contribution in [1.82, 2.24) is 5.32 Å². The molecule has 2 N–H and O–H groups in total. The molecule has 4 nitrogen and oxygen atoms in total. The van der Waals surface area contributed by atoms with Crippen LogP contribution >= 0.6 is 0 Å². The van der Waals surface area contributed by atoms with Crippen LogP contribution in [0, 0.1) is 23.3 Å². The highest BCUT2D eigenvalue weighted by atomic mass is 19.2. The molecule has 19 heavy (non-hydrogen) atoms. The average Bonchev–Trinajstić information content (AvgIpc) is 2.34. The van der Waals surface area contributed by atoms with Crippen molar-refractivity contribution in [3.05, 3.63) is 29.3 Å². The predicted molar refractivity (Wildman–Crippen MR) is 56.9 cm³/mol. The van der Waals surface area contributed by atoms with Crippen LogP contribution in [0.1, 0.15) is 6.92 Å². The van der Waals surface area contributed by atoms with E-state index in [4.69, 9.17) is 5.11 Å². The lowest BCUT2D eigenvalue weighted by atomic mass is 10.2. The first-order chi connectivity index (χ1) is 8.88. The fourth-order valence-electron chi connectivity index (χ4n) is 1.31. The Morgan fingerprint density at radius 2 is 1.84 bits per heavy atom. The number of carboxylic acid groups (broad SMARTS) is 1. The van der Waals surface area contributed by atoms with E-state index < -0.39 is 47.6 Å². The fraction of sp³-hybridized carbons (Fsp3) is 0.364. The Labute approximate surface area is 106 Å². The number of carbonyl (C=O) groups is 1. The normalized spacial score (nSPS) is 12.3. The van der Waals surface area contributed by atoms with Crippen molar-refractivity contribution in [3.8, 4) is 5.75 Å². The second-order valence-corrected chi connectivity index (χ2v) is 3.56. The molecular weight excluding hydrogens is 270 g/mol. The Balaban J connectivity index is 2.91. The van der Waals surface area contributed by atoms with Crippen molar-refractivity contribution in [1.29, 1.82) is 0 Å². The quantitative estimate of drug-likeness (QED) is 0.615. The predicted octanol–water partition coefficient (Wildman–Crippen LogP) is 1.68. The first kappa shape index (κ1) is 15.2. The molecule has 0 radical (unpaired) electrons. The van der Waals surface area contributed by atoms with Gasteiger partial charge in [0.15, 0.2) is 17.4 Å². The van der Waals surface area contributed by atoms with Crippen LogP contribution in [0.4, 0.5) is 17.6 Å². The number of hydrogen-bond donors (Lipinski definition) is 2. The topological polar surface area (TPSA) is 58.6 Å². The van der Waals surface area contributed by atoms with Gasteiger partial charge in [-0.1, -0.05) is 6.92 Å². The number of likely N-dealkylation sites (N-methyl/N-ethyl adjacent to an activating group) is 1. The zero-order chi connectivity index (χ0) is 14.6. The standard InChI is InChI=1S/C11H11F4NO3/c1-2-16-7(11(17)18)4-19-10-8(14)5(12)3-6(13)9(10)15/h3,7,16H,2,4H2,1H3,(H,17,18). The summed E-state index contributed by atoms with van der Waals surface area (Å²) in [5, 5.41) is 11.2. The summed E-state index contributed by atoms with van der Waals surface area (Å²) in [7, 11) is 0. The van der Waals surface area contributed by atoms with Gasteiger partial charge in [0, 0.05) is 6.07 Å². The Morgan fingerprint density at radius 1 is 1.32 bits per heavy atom. The van der Waals surface area contributed by atoms with Crippen LogP contribution in [0.3, 0.4) is 0 Å². The lowest BCUT2D eigenvalue weighted by Crippen LogP contribution is -2.41. The van der Waals surface area contributed by atoms with Gasteiger partial charge in [-0.05, 0) is 6.54 Å². The highest BCUT2D eigenvalue weighted by Crippen LogP contribution is 2.26. The Morgan fingerprint density at radius 3 is 2.26 bits per heavy atom. The molecule has 1 rings (SSSR count). The molecule has 0 saturated carbocycles. The summed E-state index contributed by atoms with van der Waals surface area (Å²) in [6, 6.07) is -1.22. The van der Waals surface area contributed by atoms with Crippen LogP contribution in [0.2, 0.25) is 0 Å². The Hall–Kier alpha value is -1.83. The van der Waals surface area contributed by atoms with Crippen molar-refractivity contribution >= 4 is 5.97 Å². The molecule has 0 amide bonds. The van der Waals surface area contributed by atoms with Gasteiger partial charge in [-0.15, -0.1) is 0 Å². The van der Waals surface area contributed by atoms with Crippen molar-refractivity contribution in [2.24, 2.45) is 0 Å². The zero-order valence-electron chi connectivity index (χ0n) is 9.84. The van der Waals surface area contributed by atoms with Crippen LogP contribution < -0.4 is 10.1 Å². The van der Waals surface area contributed by atoms with E-state index in [0.29, 0.717) is 0 Å². The average molecular weight is 281 g/mol. The third-order valence-corrected chi connectivity index (χ3v) is 2.21. The number of carboxylic acids is 1. The summed E-state index contributed by atoms with van der Waals surface area (Å²) in [6.45, 7) is 1.20. The molecule has 0 bridgehead atoms. The molecule has 0 aliphatic heterocycles. The van der Waals surface area contributed by atoms with Crippen molar-refractivity contribution in [3.63, 3.8) is 0 Å². The minimum atomic E-state index is -1.71. The molecule has 1 aromatic carbocycles. The van der Waals surface area contributed by atoms with Gasteiger partial charge in [-0.25, -0.2) is 8.78 Å². The minimum Gasteiger partial charge on any atom is -0.485 e. The van der Waals surface area contributed by atoms with Gasteiger partial charge in [0.1, 0.15) is 12.6 Å². The first-order valence-electron chi connectivity index (χ1n) is 5.30. The highest BCUT2D eigenvalue weighted by Gasteiger charge is 2.23. The Kier molecular flexibility index (Phi) is 5.11. The van der Waals surface area contributed by atoms with Gasteiger partial charge in [-0.3, -0.25) is 4.79 Å². The van der Waals surface area contributed by atoms with Gasteiger partial charge in [-0.2, -0.15) is 8.78 Å². The number of halogens is 4. The third kappa shape index (κ3) is 3.57. The minimum absolute atomic E-state index is 0.0382. The first-order valence-corrected chi connectivity index (χ1v) is 5.30. The van der Waals surface area contributed by atoms with E-state index in [0.717, 1.165) is 0 Å². The van der Waals surface area contributed by atoms with Gasteiger partial charge in [0.2, 0.25) is 11.6 Å². The second kappa shape index (κ2) is 6.37. The molecular formula is C11H11F4NO3. The lowest BCUT2D eigenvalue weighted by Gasteiger charge is -2.15. The molecule has 8 heteroatoms. The third-order valence-electron chi connectivity index (χ3n) is 2.21. The summed E-state index contributed by atoms with van der Waals surface area (Å²) in [4.78, 5) is 10.7. The largest absolute Gasteiger partial charge is 0.485 e. The number of nitrogens with one attached hydrogen (secondary N) is 1. The number of aliphatic carboxylic acids is 1. The van der Waals surface area contributed by atoms with E-state index >= 15 is 0 Å². The maximum atomic E-state index is 13.2. The number of benzene rings is 1. The monoisotopic (exact) mass is 281 g/mol. The van der Waals surface area contributed by atoms with E-state index in [1.165, 1.54) is 0 Å². The molecule has 0 aliphatic carbocycles. The number of hydrogen-bond acceptors (Lipinski definition) is 3. The summed E-state index contributed by atoms with van der Waals surface area (Å²) >= 11 is 0. The van der Waals surface area contributed by atoms with Crippen molar-refractivity contribution < 1.29 is 32.2 Å². The van der Waals surface area contributed by atoms with Gasteiger partial charge < -0.3 is 15.2 Å². The molecule has 0 saturated heterocycles. The van der Waals surface area contributed by atoms with E-state index in [2.05, 4.69) is 10.1 Å². The Bertz CT molecular complexity index is 455. The molecule has 1 atom stereocenters. The molecule has 1 aromatic rings. The summed E-state index contributed by atoms with van der Waals surface area (Å²) in [6.07, 6.45) is 0. The fourth-order valence-corrected chi connectivity index (χ4v) is 1.31. The van der Waals surface area contributed by atoms with Crippen molar-refractivity contribution in [2.45, 2.75) is 13.0 Å². The molecule has 0 spiro atoms. The van der Waals surface area contributed by atoms with Crippen LogP contribution in [0.25, 0.3) is 0 Å².